The molecule has 1 aromatic heterocycles. The topological polar surface area (TPSA) is 39.4 Å². The molecule has 0 N–H and O–H groups in total. The molecule has 1 aliphatic heterocycles. The van der Waals surface area contributed by atoms with E-state index in [4.69, 9.17) is 9.15 Å². The van der Waals surface area contributed by atoms with Crippen molar-refractivity contribution < 1.29 is 13.9 Å². The van der Waals surface area contributed by atoms with Crippen LogP contribution in [-0.4, -0.2) is 5.78 Å². The third-order valence-corrected chi connectivity index (χ3v) is 3.29. The maximum atomic E-state index is 12.4. The summed E-state index contributed by atoms with van der Waals surface area (Å²) in [5.74, 6) is 0.770. The van der Waals surface area contributed by atoms with Crippen LogP contribution in [0.1, 0.15) is 39.7 Å². The Morgan fingerprint density at radius 3 is 2.89 bits per heavy atom. The van der Waals surface area contributed by atoms with Crippen LogP contribution in [0.5, 0.6) is 0 Å². The van der Waals surface area contributed by atoms with Crippen molar-refractivity contribution in [2.45, 2.75) is 26.6 Å². The van der Waals surface area contributed by atoms with Gasteiger partial charge in [0.05, 0.1) is 25.0 Å². The van der Waals surface area contributed by atoms with E-state index in [2.05, 4.69) is 0 Å². The zero-order chi connectivity index (χ0) is 12.5. The lowest BCUT2D eigenvalue weighted by molar-refractivity contribution is 0.103. The fourth-order valence-electron chi connectivity index (χ4n) is 2.29. The number of fused-ring (bicyclic) bond motifs is 1. The van der Waals surface area contributed by atoms with Gasteiger partial charge in [-0.2, -0.15) is 0 Å². The minimum Gasteiger partial charge on any atom is -0.469 e. The molecule has 1 aliphatic rings. The highest BCUT2D eigenvalue weighted by Crippen LogP contribution is 2.23. The fourth-order valence-corrected chi connectivity index (χ4v) is 2.29. The molecule has 18 heavy (non-hydrogen) atoms. The monoisotopic (exact) mass is 242 g/mol. The first-order valence-corrected chi connectivity index (χ1v) is 6.10. The van der Waals surface area contributed by atoms with Gasteiger partial charge in [0.1, 0.15) is 5.76 Å². The number of benzene rings is 1. The molecule has 0 atom stereocenters. The molecule has 3 rings (SSSR count). The number of hydrogen-bond acceptors (Lipinski definition) is 3. The summed E-state index contributed by atoms with van der Waals surface area (Å²) in [5, 5.41) is 0. The average Bonchev–Trinajstić information content (AvgIpc) is 3.05. The van der Waals surface area contributed by atoms with Crippen molar-refractivity contribution in [1.29, 1.82) is 0 Å². The van der Waals surface area contributed by atoms with Crippen LogP contribution < -0.4 is 0 Å². The number of rotatable bonds is 3. The molecule has 0 bridgehead atoms. The summed E-state index contributed by atoms with van der Waals surface area (Å²) in [6.45, 7) is 3.23. The number of carbonyl (C=O) groups excluding carboxylic acids is 1. The number of aryl methyl sites for hydroxylation is 1. The van der Waals surface area contributed by atoms with E-state index in [9.17, 15) is 4.79 Å². The van der Waals surface area contributed by atoms with E-state index >= 15 is 0 Å². The molecular formula is C15H14O3. The normalized spacial score (nSPS) is 13.6. The molecule has 0 aliphatic carbocycles. The Hall–Kier alpha value is -1.87. The molecule has 0 saturated carbocycles. The van der Waals surface area contributed by atoms with Gasteiger partial charge < -0.3 is 9.15 Å². The van der Waals surface area contributed by atoms with Gasteiger partial charge >= 0.3 is 0 Å². The zero-order valence-corrected chi connectivity index (χ0v) is 10.2. The number of hydrogen-bond donors (Lipinski definition) is 0. The van der Waals surface area contributed by atoms with Crippen molar-refractivity contribution in [3.05, 3.63) is 58.5 Å². The molecule has 0 radical (unpaired) electrons. The molecule has 0 fully saturated rings. The summed E-state index contributed by atoms with van der Waals surface area (Å²) >= 11 is 0. The van der Waals surface area contributed by atoms with Crippen LogP contribution in [0, 0.1) is 0 Å². The summed E-state index contributed by atoms with van der Waals surface area (Å²) in [7, 11) is 0. The molecule has 1 aromatic carbocycles. The molecule has 0 spiro atoms. The SMILES string of the molecule is CCc1occc1C(=O)c1ccc2c(c1)COC2. The lowest BCUT2D eigenvalue weighted by Gasteiger charge is -2.03. The quantitative estimate of drug-likeness (QED) is 0.776. The van der Waals surface area contributed by atoms with E-state index in [1.54, 1.807) is 12.3 Å². The Morgan fingerprint density at radius 2 is 2.06 bits per heavy atom. The van der Waals surface area contributed by atoms with Crippen molar-refractivity contribution in [2.24, 2.45) is 0 Å². The molecule has 2 aromatic rings. The smallest absolute Gasteiger partial charge is 0.196 e. The average molecular weight is 242 g/mol. The third-order valence-electron chi connectivity index (χ3n) is 3.29. The summed E-state index contributed by atoms with van der Waals surface area (Å²) in [6.07, 6.45) is 2.30. The molecule has 92 valence electrons. The van der Waals surface area contributed by atoms with E-state index in [1.165, 1.54) is 5.56 Å². The maximum Gasteiger partial charge on any atom is 0.196 e. The van der Waals surface area contributed by atoms with Gasteiger partial charge in [-0.3, -0.25) is 4.79 Å². The zero-order valence-electron chi connectivity index (χ0n) is 10.2. The first kappa shape index (κ1) is 11.2. The third kappa shape index (κ3) is 1.77. The minimum atomic E-state index is 0.0234. The number of furan rings is 1. The second kappa shape index (κ2) is 4.42. The highest BCUT2D eigenvalue weighted by atomic mass is 16.5. The van der Waals surface area contributed by atoms with Crippen LogP contribution in [0.2, 0.25) is 0 Å². The first-order valence-electron chi connectivity index (χ1n) is 6.10. The second-order valence-electron chi connectivity index (χ2n) is 4.42. The van der Waals surface area contributed by atoms with Crippen LogP contribution in [0.15, 0.2) is 34.9 Å². The van der Waals surface area contributed by atoms with Gasteiger partial charge in [-0.15, -0.1) is 0 Å². The van der Waals surface area contributed by atoms with Gasteiger partial charge in [0.2, 0.25) is 0 Å². The van der Waals surface area contributed by atoms with Crippen LogP contribution in [0.25, 0.3) is 0 Å². The molecule has 0 saturated heterocycles. The lowest BCUT2D eigenvalue weighted by atomic mass is 9.99. The summed E-state index contributed by atoms with van der Waals surface area (Å²) in [5.41, 5.74) is 3.66. The number of ketones is 1. The van der Waals surface area contributed by atoms with Crippen molar-refractivity contribution in [3.63, 3.8) is 0 Å². The van der Waals surface area contributed by atoms with Gasteiger partial charge in [0.25, 0.3) is 0 Å². The van der Waals surface area contributed by atoms with Gasteiger partial charge in [-0.25, -0.2) is 0 Å². The van der Waals surface area contributed by atoms with Gasteiger partial charge in [0.15, 0.2) is 5.78 Å². The molecule has 2 heterocycles. The first-order chi connectivity index (χ1) is 8.79. The van der Waals surface area contributed by atoms with E-state index < -0.39 is 0 Å². The minimum absolute atomic E-state index is 0.0234. The summed E-state index contributed by atoms with van der Waals surface area (Å²) < 4.78 is 10.7. The standard InChI is InChI=1S/C15H14O3/c1-2-14-13(5-6-18-14)15(16)10-3-4-11-8-17-9-12(11)7-10/h3-7H,2,8-9H2,1H3. The van der Waals surface area contributed by atoms with E-state index in [0.29, 0.717) is 24.3 Å². The van der Waals surface area contributed by atoms with Crippen molar-refractivity contribution >= 4 is 5.78 Å². The van der Waals surface area contributed by atoms with Gasteiger partial charge in [-0.05, 0) is 23.3 Å². The van der Waals surface area contributed by atoms with E-state index in [0.717, 1.165) is 17.7 Å². The molecular weight excluding hydrogens is 228 g/mol. The highest BCUT2D eigenvalue weighted by Gasteiger charge is 2.18. The largest absolute Gasteiger partial charge is 0.469 e. The Bertz CT molecular complexity index is 596. The van der Waals surface area contributed by atoms with E-state index in [1.807, 2.05) is 25.1 Å². The van der Waals surface area contributed by atoms with E-state index in [-0.39, 0.29) is 5.78 Å². The van der Waals surface area contributed by atoms with Crippen LogP contribution in [0.4, 0.5) is 0 Å². The predicted molar refractivity (Wildman–Crippen MR) is 66.5 cm³/mol. The number of carbonyl (C=O) groups is 1. The molecule has 3 nitrogen and oxygen atoms in total. The highest BCUT2D eigenvalue weighted by molar-refractivity contribution is 6.09. The molecule has 3 heteroatoms. The van der Waals surface area contributed by atoms with Gasteiger partial charge in [0, 0.05) is 12.0 Å². The predicted octanol–water partition coefficient (Wildman–Crippen LogP) is 3.10. The summed E-state index contributed by atoms with van der Waals surface area (Å²) in [6, 6.07) is 7.51. The molecule has 0 amide bonds. The lowest BCUT2D eigenvalue weighted by Crippen LogP contribution is -2.03. The van der Waals surface area contributed by atoms with Crippen molar-refractivity contribution in [1.82, 2.24) is 0 Å². The van der Waals surface area contributed by atoms with Crippen LogP contribution in [0.3, 0.4) is 0 Å². The summed E-state index contributed by atoms with van der Waals surface area (Å²) in [4.78, 5) is 12.4. The molecule has 0 unspecified atom stereocenters. The second-order valence-corrected chi connectivity index (χ2v) is 4.42. The van der Waals surface area contributed by atoms with Crippen LogP contribution >= 0.6 is 0 Å². The fraction of sp³-hybridized carbons (Fsp3) is 0.267. The number of ether oxygens (including phenoxy) is 1. The Labute approximate surface area is 105 Å². The maximum absolute atomic E-state index is 12.4. The van der Waals surface area contributed by atoms with Crippen molar-refractivity contribution in [3.8, 4) is 0 Å². The van der Waals surface area contributed by atoms with Crippen molar-refractivity contribution in [2.75, 3.05) is 0 Å². The Kier molecular flexibility index (Phi) is 2.76. The van der Waals surface area contributed by atoms with Gasteiger partial charge in [-0.1, -0.05) is 19.1 Å². The Balaban J connectivity index is 1.98. The Morgan fingerprint density at radius 1 is 1.22 bits per heavy atom. The van der Waals surface area contributed by atoms with Crippen LogP contribution in [-0.2, 0) is 24.4 Å².